The second kappa shape index (κ2) is 17.0. The van der Waals surface area contributed by atoms with Gasteiger partial charge in [0.05, 0.1) is 40.5 Å². The van der Waals surface area contributed by atoms with Crippen molar-refractivity contribution in [2.24, 2.45) is 0 Å². The zero-order valence-electron chi connectivity index (χ0n) is 30.9. The Balaban J connectivity index is 0.945. The fraction of sp³-hybridized carbons (Fsp3) is 0.200. The highest BCUT2D eigenvalue weighted by Gasteiger charge is 2.36. The number of benzene rings is 5. The van der Waals surface area contributed by atoms with Gasteiger partial charge in [0.15, 0.2) is 17.6 Å². The van der Waals surface area contributed by atoms with Gasteiger partial charge in [-0.1, -0.05) is 77.8 Å². The summed E-state index contributed by atoms with van der Waals surface area (Å²) in [6, 6.07) is 31.9. The summed E-state index contributed by atoms with van der Waals surface area (Å²) in [5.74, 6) is 0.725. The zero-order valence-corrected chi connectivity index (χ0v) is 32.5. The summed E-state index contributed by atoms with van der Waals surface area (Å²) in [4.78, 5) is 32.7. The van der Waals surface area contributed by atoms with E-state index in [0.717, 1.165) is 38.9 Å². The molecule has 0 fully saturated rings. The van der Waals surface area contributed by atoms with E-state index in [1.807, 2.05) is 83.8 Å². The predicted octanol–water partition coefficient (Wildman–Crippen LogP) is 8.35. The molecule has 2 aliphatic rings. The molecule has 2 aliphatic heterocycles. The molecule has 1 amide bonds. The average Bonchev–Trinajstić information content (AvgIpc) is 3.76. The Morgan fingerprint density at radius 2 is 1.64 bits per heavy atom. The molecule has 11 nitrogen and oxygen atoms in total. The number of fused-ring (bicyclic) bond motifs is 2. The van der Waals surface area contributed by atoms with E-state index in [9.17, 15) is 14.7 Å². The molecular formula is C45H36Cl2N4O7. The lowest BCUT2D eigenvalue weighted by atomic mass is 9.92. The minimum Gasteiger partial charge on any atom is -0.489 e. The largest absolute Gasteiger partial charge is 0.489 e. The van der Waals surface area contributed by atoms with Crippen LogP contribution in [0, 0.1) is 11.3 Å². The Labute approximate surface area is 344 Å². The van der Waals surface area contributed by atoms with Gasteiger partial charge in [-0.05, 0) is 93.9 Å². The van der Waals surface area contributed by atoms with Crippen LogP contribution in [0.3, 0.4) is 0 Å². The molecule has 13 heteroatoms. The van der Waals surface area contributed by atoms with Crippen molar-refractivity contribution in [3.63, 3.8) is 0 Å². The quantitative estimate of drug-likeness (QED) is 0.124. The molecule has 3 heterocycles. The van der Waals surface area contributed by atoms with E-state index in [1.165, 1.54) is 6.26 Å². The SMILES string of the molecule is N#Cc1ccc(-c2ccc(CC(NC(=O)C3Cc4cc5c(cc4CN3Cc3ncco3)OC(c3ccc(OCc4ccc(Cl)c(Cl)c4)cc3)CO5)C(=O)O)cc2)cc1. The van der Waals surface area contributed by atoms with E-state index in [1.54, 1.807) is 30.5 Å². The third-order valence-corrected chi connectivity index (χ3v) is 11.0. The summed E-state index contributed by atoms with van der Waals surface area (Å²) in [5, 5.41) is 23.1. The summed E-state index contributed by atoms with van der Waals surface area (Å²) in [6.07, 6.45) is 3.06. The van der Waals surface area contributed by atoms with Crippen molar-refractivity contribution < 1.29 is 33.3 Å². The lowest BCUT2D eigenvalue weighted by molar-refractivity contribution is -0.143. The van der Waals surface area contributed by atoms with Crippen LogP contribution < -0.4 is 19.5 Å². The van der Waals surface area contributed by atoms with E-state index in [4.69, 9.17) is 47.1 Å². The highest BCUT2D eigenvalue weighted by atomic mass is 35.5. The molecule has 8 rings (SSSR count). The lowest BCUT2D eigenvalue weighted by Crippen LogP contribution is -2.54. The monoisotopic (exact) mass is 814 g/mol. The van der Waals surface area contributed by atoms with Gasteiger partial charge in [0.2, 0.25) is 11.8 Å². The van der Waals surface area contributed by atoms with Gasteiger partial charge in [-0.2, -0.15) is 5.26 Å². The van der Waals surface area contributed by atoms with Crippen LogP contribution in [0.1, 0.15) is 45.4 Å². The number of carbonyl (C=O) groups is 2. The number of carboxylic acids is 1. The van der Waals surface area contributed by atoms with Crippen LogP contribution >= 0.6 is 23.2 Å². The second-order valence-electron chi connectivity index (χ2n) is 14.1. The zero-order chi connectivity index (χ0) is 40.2. The average molecular weight is 816 g/mol. The second-order valence-corrected chi connectivity index (χ2v) is 14.9. The van der Waals surface area contributed by atoms with Crippen molar-refractivity contribution in [1.82, 2.24) is 15.2 Å². The Morgan fingerprint density at radius 3 is 2.33 bits per heavy atom. The van der Waals surface area contributed by atoms with Crippen LogP contribution in [0.2, 0.25) is 10.0 Å². The minimum atomic E-state index is -1.17. The van der Waals surface area contributed by atoms with Crippen LogP contribution in [0.5, 0.6) is 17.2 Å². The van der Waals surface area contributed by atoms with Crippen LogP contribution in [0.4, 0.5) is 0 Å². The van der Waals surface area contributed by atoms with Gasteiger partial charge in [0, 0.05) is 13.0 Å². The Kier molecular flexibility index (Phi) is 11.3. The fourth-order valence-corrected chi connectivity index (χ4v) is 7.47. The number of aromatic nitrogens is 1. The molecule has 2 N–H and O–H groups in total. The molecule has 3 atom stereocenters. The molecule has 0 radical (unpaired) electrons. The van der Waals surface area contributed by atoms with Crippen LogP contribution in [-0.4, -0.2) is 45.6 Å². The molecule has 6 aromatic rings. The number of amides is 1. The van der Waals surface area contributed by atoms with E-state index in [0.29, 0.717) is 58.3 Å². The van der Waals surface area contributed by atoms with Crippen molar-refractivity contribution in [1.29, 1.82) is 5.26 Å². The normalized spacial score (nSPS) is 16.4. The van der Waals surface area contributed by atoms with Gasteiger partial charge >= 0.3 is 5.97 Å². The van der Waals surface area contributed by atoms with Crippen molar-refractivity contribution >= 4 is 35.1 Å². The van der Waals surface area contributed by atoms with E-state index >= 15 is 0 Å². The van der Waals surface area contributed by atoms with Crippen molar-refractivity contribution in [3.8, 4) is 34.4 Å². The number of nitrogens with one attached hydrogen (secondary N) is 1. The number of hydrogen-bond donors (Lipinski definition) is 2. The van der Waals surface area contributed by atoms with Gasteiger partial charge in [0.1, 0.15) is 31.3 Å². The number of carboxylic acid groups (broad SMARTS) is 1. The number of nitrogens with zero attached hydrogens (tertiary/aromatic N) is 3. The summed E-state index contributed by atoms with van der Waals surface area (Å²) >= 11 is 12.2. The highest BCUT2D eigenvalue weighted by Crippen LogP contribution is 2.41. The van der Waals surface area contributed by atoms with Gasteiger partial charge in [-0.3, -0.25) is 9.69 Å². The van der Waals surface area contributed by atoms with Gasteiger partial charge in [0.25, 0.3) is 0 Å². The van der Waals surface area contributed by atoms with Gasteiger partial charge in [-0.25, -0.2) is 9.78 Å². The molecular weight excluding hydrogens is 779 g/mol. The number of oxazole rings is 1. The minimum absolute atomic E-state index is 0.0894. The summed E-state index contributed by atoms with van der Waals surface area (Å²) in [6.45, 7) is 1.21. The Morgan fingerprint density at radius 1 is 0.914 bits per heavy atom. The van der Waals surface area contributed by atoms with Crippen molar-refractivity contribution in [3.05, 3.63) is 165 Å². The van der Waals surface area contributed by atoms with Gasteiger partial charge < -0.3 is 29.1 Å². The molecule has 3 unspecified atom stereocenters. The first-order chi connectivity index (χ1) is 28.2. The molecule has 0 bridgehead atoms. The van der Waals surface area contributed by atoms with Crippen LogP contribution in [0.25, 0.3) is 11.1 Å². The Hall–Kier alpha value is -6.32. The predicted molar refractivity (Wildman–Crippen MR) is 216 cm³/mol. The molecule has 0 saturated heterocycles. The van der Waals surface area contributed by atoms with Crippen molar-refractivity contribution in [2.45, 2.75) is 50.7 Å². The van der Waals surface area contributed by atoms with Gasteiger partial charge in [-0.15, -0.1) is 0 Å². The molecule has 58 heavy (non-hydrogen) atoms. The van der Waals surface area contributed by atoms with E-state index < -0.39 is 24.0 Å². The number of halogens is 2. The molecule has 1 aromatic heterocycles. The highest BCUT2D eigenvalue weighted by molar-refractivity contribution is 6.42. The Bertz CT molecular complexity index is 2470. The van der Waals surface area contributed by atoms with E-state index in [-0.39, 0.29) is 25.7 Å². The number of ether oxygens (including phenoxy) is 3. The third-order valence-electron chi connectivity index (χ3n) is 10.3. The van der Waals surface area contributed by atoms with Crippen LogP contribution in [0.15, 0.2) is 120 Å². The number of nitriles is 1. The third kappa shape index (κ3) is 8.80. The maximum atomic E-state index is 14.0. The number of aliphatic carboxylic acids is 1. The van der Waals surface area contributed by atoms with Crippen LogP contribution in [-0.2, 0) is 42.1 Å². The summed E-state index contributed by atoms with van der Waals surface area (Å²) in [7, 11) is 0. The lowest BCUT2D eigenvalue weighted by Gasteiger charge is -2.37. The molecule has 0 spiro atoms. The summed E-state index contributed by atoms with van der Waals surface area (Å²) < 4.78 is 24.2. The smallest absolute Gasteiger partial charge is 0.326 e. The van der Waals surface area contributed by atoms with Crippen molar-refractivity contribution in [2.75, 3.05) is 6.61 Å². The first-order valence-electron chi connectivity index (χ1n) is 18.6. The summed E-state index contributed by atoms with van der Waals surface area (Å²) in [5.41, 5.74) is 6.85. The molecule has 292 valence electrons. The maximum Gasteiger partial charge on any atom is 0.326 e. The maximum absolute atomic E-state index is 14.0. The van der Waals surface area contributed by atoms with E-state index in [2.05, 4.69) is 16.4 Å². The number of carbonyl (C=O) groups excluding carboxylic acids is 1. The molecule has 5 aromatic carbocycles. The first kappa shape index (κ1) is 38.5. The standard InChI is InChI=1S/C45H36Cl2N4O7/c46-36-14-5-29(17-37(36)47)25-56-35-12-10-32(11-13-35)42-26-57-40-20-33-19-39(51(24-43-49-15-16-55-43)23-34(33)21-41(40)58-42)44(52)50-38(45(53)54)18-27-1-6-30(7-2-27)31-8-3-28(22-48)4-9-31/h1-17,20-21,38-39,42H,18-19,23-26H2,(H,50,52)(H,53,54). The molecule has 0 aliphatic carbocycles. The topological polar surface area (TPSA) is 147 Å². The fourth-order valence-electron chi connectivity index (χ4n) is 7.15. The molecule has 0 saturated carbocycles. The number of rotatable bonds is 12. The first-order valence-corrected chi connectivity index (χ1v) is 19.3. The number of hydrogen-bond acceptors (Lipinski definition) is 9.